The second-order valence-corrected chi connectivity index (χ2v) is 5.68. The predicted molar refractivity (Wildman–Crippen MR) is 66.7 cm³/mol. The predicted octanol–water partition coefficient (Wildman–Crippen LogP) is 4.47. The topological polar surface area (TPSA) is 0 Å². The third-order valence-electron chi connectivity index (χ3n) is 4.10. The van der Waals surface area contributed by atoms with Gasteiger partial charge in [0.15, 0.2) is 0 Å². The highest BCUT2D eigenvalue weighted by Gasteiger charge is 2.33. The van der Waals surface area contributed by atoms with E-state index in [1.807, 2.05) is 0 Å². The zero-order chi connectivity index (χ0) is 11.2. The molecule has 1 aromatic carbocycles. The Morgan fingerprint density at radius 1 is 1.27 bits per heavy atom. The first kappa shape index (κ1) is 11.0. The van der Waals surface area contributed by atoms with E-state index >= 15 is 0 Å². The Labute approximate surface area is 97.6 Å². The molecule has 0 amide bonds. The van der Waals surface area contributed by atoms with Crippen LogP contribution in [0.4, 0.5) is 0 Å². The minimum Gasteiger partial charge on any atom is -0.0840 e. The molecule has 0 fully saturated rings. The molecule has 1 aliphatic rings. The summed E-state index contributed by atoms with van der Waals surface area (Å²) in [6, 6.07) is 2.12. The highest BCUT2D eigenvalue weighted by Crippen LogP contribution is 2.44. The van der Waals surface area contributed by atoms with Gasteiger partial charge < -0.3 is 0 Å². The summed E-state index contributed by atoms with van der Waals surface area (Å²) in [7, 11) is 0. The van der Waals surface area contributed by atoms with E-state index in [1.54, 1.807) is 0 Å². The van der Waals surface area contributed by atoms with Gasteiger partial charge in [-0.2, -0.15) is 0 Å². The first-order valence-corrected chi connectivity index (χ1v) is 6.12. The van der Waals surface area contributed by atoms with Crippen molar-refractivity contribution in [2.45, 2.75) is 47.0 Å². The molecule has 0 radical (unpaired) electrons. The van der Waals surface area contributed by atoms with Gasteiger partial charge in [-0.1, -0.05) is 31.9 Å². The summed E-state index contributed by atoms with van der Waals surface area (Å²) in [6.07, 6.45) is 3.58. The molecule has 1 unspecified atom stereocenters. The molecule has 0 N–H and O–H groups in total. The van der Waals surface area contributed by atoms with Gasteiger partial charge in [0, 0.05) is 5.02 Å². The smallest absolute Gasteiger partial charge is 0.0443 e. The molecule has 1 heteroatoms. The lowest BCUT2D eigenvalue weighted by Gasteiger charge is -2.20. The highest BCUT2D eigenvalue weighted by atomic mass is 35.5. The molecule has 0 saturated heterocycles. The Morgan fingerprint density at radius 2 is 1.87 bits per heavy atom. The van der Waals surface area contributed by atoms with E-state index in [4.69, 9.17) is 11.6 Å². The fourth-order valence-electron chi connectivity index (χ4n) is 2.59. The summed E-state index contributed by atoms with van der Waals surface area (Å²) >= 11 is 6.33. The van der Waals surface area contributed by atoms with Crippen LogP contribution < -0.4 is 0 Å². The Morgan fingerprint density at radius 3 is 2.47 bits per heavy atom. The maximum atomic E-state index is 6.33. The summed E-state index contributed by atoms with van der Waals surface area (Å²) in [5.41, 5.74) is 6.14. The lowest BCUT2D eigenvalue weighted by Crippen LogP contribution is -2.14. The molecule has 15 heavy (non-hydrogen) atoms. The molecule has 2 rings (SSSR count). The second-order valence-electron chi connectivity index (χ2n) is 5.28. The van der Waals surface area contributed by atoms with Gasteiger partial charge in [-0.05, 0) is 60.4 Å². The van der Waals surface area contributed by atoms with Crippen molar-refractivity contribution in [3.05, 3.63) is 33.3 Å². The maximum Gasteiger partial charge on any atom is 0.0443 e. The molecule has 0 heterocycles. The largest absolute Gasteiger partial charge is 0.0840 e. The van der Waals surface area contributed by atoms with Gasteiger partial charge in [0.2, 0.25) is 0 Å². The normalized spacial score (nSPS) is 24.3. The zero-order valence-electron chi connectivity index (χ0n) is 10.1. The average molecular weight is 223 g/mol. The first-order valence-electron chi connectivity index (χ1n) is 5.74. The highest BCUT2D eigenvalue weighted by molar-refractivity contribution is 6.31. The monoisotopic (exact) mass is 222 g/mol. The van der Waals surface area contributed by atoms with Crippen LogP contribution >= 0.6 is 11.6 Å². The van der Waals surface area contributed by atoms with Crippen LogP contribution in [0.5, 0.6) is 0 Å². The van der Waals surface area contributed by atoms with Crippen molar-refractivity contribution in [3.63, 3.8) is 0 Å². The first-order chi connectivity index (χ1) is 6.97. The number of halogens is 1. The van der Waals surface area contributed by atoms with Crippen LogP contribution in [0.1, 0.15) is 42.5 Å². The van der Waals surface area contributed by atoms with Gasteiger partial charge in [0.25, 0.3) is 0 Å². The summed E-state index contributed by atoms with van der Waals surface area (Å²) in [5, 5.41) is 0.977. The van der Waals surface area contributed by atoms with Crippen LogP contribution in [-0.2, 0) is 12.8 Å². The lowest BCUT2D eigenvalue weighted by molar-refractivity contribution is 0.332. The SMILES string of the molecule is CCC1(C)Cc2c(Cl)cc(C)c(C)c2C1. The van der Waals surface area contributed by atoms with Crippen LogP contribution in [0.2, 0.25) is 5.02 Å². The van der Waals surface area contributed by atoms with Crippen molar-refractivity contribution in [2.24, 2.45) is 5.41 Å². The van der Waals surface area contributed by atoms with Crippen molar-refractivity contribution < 1.29 is 0 Å². The molecule has 1 atom stereocenters. The maximum absolute atomic E-state index is 6.33. The van der Waals surface area contributed by atoms with Gasteiger partial charge in [-0.15, -0.1) is 0 Å². The van der Waals surface area contributed by atoms with Crippen LogP contribution in [0.3, 0.4) is 0 Å². The molecule has 0 spiro atoms. The lowest BCUT2D eigenvalue weighted by atomic mass is 9.84. The average Bonchev–Trinajstić information content (AvgIpc) is 2.55. The van der Waals surface area contributed by atoms with Crippen molar-refractivity contribution in [2.75, 3.05) is 0 Å². The van der Waals surface area contributed by atoms with E-state index in [2.05, 4.69) is 33.8 Å². The molecule has 1 aliphatic carbocycles. The van der Waals surface area contributed by atoms with Crippen LogP contribution in [0.15, 0.2) is 6.07 Å². The van der Waals surface area contributed by atoms with E-state index in [0.717, 1.165) is 11.4 Å². The van der Waals surface area contributed by atoms with E-state index in [0.29, 0.717) is 5.41 Å². The van der Waals surface area contributed by atoms with E-state index in [-0.39, 0.29) is 0 Å². The van der Waals surface area contributed by atoms with Crippen LogP contribution in [0, 0.1) is 19.3 Å². The number of benzene rings is 1. The van der Waals surface area contributed by atoms with Crippen molar-refractivity contribution >= 4 is 11.6 Å². The molecular weight excluding hydrogens is 204 g/mol. The number of hydrogen-bond donors (Lipinski definition) is 0. The fraction of sp³-hybridized carbons (Fsp3) is 0.571. The Bertz CT molecular complexity index is 406. The molecule has 0 aromatic heterocycles. The fourth-order valence-corrected chi connectivity index (χ4v) is 2.93. The van der Waals surface area contributed by atoms with Gasteiger partial charge in [0.05, 0.1) is 0 Å². The third-order valence-corrected chi connectivity index (χ3v) is 4.44. The van der Waals surface area contributed by atoms with Gasteiger partial charge >= 0.3 is 0 Å². The van der Waals surface area contributed by atoms with Crippen molar-refractivity contribution in [1.82, 2.24) is 0 Å². The van der Waals surface area contributed by atoms with Gasteiger partial charge in [0.1, 0.15) is 0 Å². The zero-order valence-corrected chi connectivity index (χ0v) is 10.8. The molecule has 0 saturated carbocycles. The van der Waals surface area contributed by atoms with Crippen LogP contribution in [0.25, 0.3) is 0 Å². The van der Waals surface area contributed by atoms with E-state index < -0.39 is 0 Å². The van der Waals surface area contributed by atoms with E-state index in [9.17, 15) is 0 Å². The molecule has 0 nitrogen and oxygen atoms in total. The third kappa shape index (κ3) is 1.69. The molecule has 0 aliphatic heterocycles. The molecular formula is C14H19Cl. The van der Waals surface area contributed by atoms with Crippen molar-refractivity contribution in [3.8, 4) is 0 Å². The minimum absolute atomic E-state index is 0.435. The molecule has 82 valence electrons. The number of hydrogen-bond acceptors (Lipinski definition) is 0. The quantitative estimate of drug-likeness (QED) is 0.658. The summed E-state index contributed by atoms with van der Waals surface area (Å²) in [5.74, 6) is 0. The van der Waals surface area contributed by atoms with Gasteiger partial charge in [-0.25, -0.2) is 0 Å². The Hall–Kier alpha value is -0.490. The Balaban J connectivity index is 2.54. The number of rotatable bonds is 1. The molecule has 0 bridgehead atoms. The summed E-state index contributed by atoms with van der Waals surface area (Å²) in [6.45, 7) is 9.04. The summed E-state index contributed by atoms with van der Waals surface area (Å²) in [4.78, 5) is 0. The van der Waals surface area contributed by atoms with E-state index in [1.165, 1.54) is 35.1 Å². The standard InChI is InChI=1S/C14H19Cl/c1-5-14(4)7-11-10(3)9(2)6-13(15)12(11)8-14/h6H,5,7-8H2,1-4H3. The Kier molecular flexibility index (Phi) is 2.58. The van der Waals surface area contributed by atoms with Crippen molar-refractivity contribution in [1.29, 1.82) is 0 Å². The summed E-state index contributed by atoms with van der Waals surface area (Å²) < 4.78 is 0. The number of fused-ring (bicyclic) bond motifs is 1. The minimum atomic E-state index is 0.435. The van der Waals surface area contributed by atoms with Gasteiger partial charge in [-0.3, -0.25) is 0 Å². The molecule has 1 aromatic rings. The van der Waals surface area contributed by atoms with Crippen LogP contribution in [-0.4, -0.2) is 0 Å². The second kappa shape index (κ2) is 3.52. The number of aryl methyl sites for hydroxylation is 1.